The van der Waals surface area contributed by atoms with Gasteiger partial charge in [-0.2, -0.15) is 13.2 Å². The molecule has 0 aliphatic carbocycles. The summed E-state index contributed by atoms with van der Waals surface area (Å²) in [6, 6.07) is 8.86. The van der Waals surface area contributed by atoms with Gasteiger partial charge in [-0.3, -0.25) is 4.90 Å². The van der Waals surface area contributed by atoms with Crippen LogP contribution in [0.4, 0.5) is 22.0 Å². The summed E-state index contributed by atoms with van der Waals surface area (Å²) >= 11 is 0. The van der Waals surface area contributed by atoms with Crippen molar-refractivity contribution in [3.8, 4) is 0 Å². The van der Waals surface area contributed by atoms with Crippen LogP contribution in [0, 0.1) is 11.6 Å². The lowest BCUT2D eigenvalue weighted by Crippen LogP contribution is -2.44. The molecule has 1 fully saturated rings. The van der Waals surface area contributed by atoms with Gasteiger partial charge in [0.15, 0.2) is 0 Å². The predicted molar refractivity (Wildman–Crippen MR) is 75.8 cm³/mol. The van der Waals surface area contributed by atoms with Gasteiger partial charge in [-0.05, 0) is 23.8 Å². The number of halogens is 5. The van der Waals surface area contributed by atoms with Crippen molar-refractivity contribution >= 4 is 0 Å². The Bertz CT molecular complexity index is 684. The molecule has 6 heteroatoms. The summed E-state index contributed by atoms with van der Waals surface area (Å²) in [5.41, 5.74) is -0.0905. The van der Waals surface area contributed by atoms with Crippen LogP contribution in [0.1, 0.15) is 22.6 Å². The second-order valence-electron chi connectivity index (χ2n) is 5.72. The van der Waals surface area contributed by atoms with Crippen molar-refractivity contribution < 1.29 is 22.0 Å². The van der Waals surface area contributed by atoms with Crippen LogP contribution in [-0.4, -0.2) is 18.0 Å². The first-order valence-corrected chi connectivity index (χ1v) is 7.17. The number of alkyl halides is 3. The molecule has 1 aliphatic rings. The fraction of sp³-hybridized carbons (Fsp3) is 0.294. The van der Waals surface area contributed by atoms with Crippen molar-refractivity contribution in [2.45, 2.75) is 18.6 Å². The lowest BCUT2D eigenvalue weighted by atomic mass is 9.90. The van der Waals surface area contributed by atoms with E-state index < -0.39 is 23.4 Å². The molecule has 0 N–H and O–H groups in total. The summed E-state index contributed by atoms with van der Waals surface area (Å²) in [5, 5.41) is 0. The lowest BCUT2D eigenvalue weighted by molar-refractivity contribution is -0.137. The van der Waals surface area contributed by atoms with E-state index in [4.69, 9.17) is 0 Å². The molecule has 2 aromatic carbocycles. The van der Waals surface area contributed by atoms with Crippen molar-refractivity contribution in [1.29, 1.82) is 0 Å². The van der Waals surface area contributed by atoms with Crippen LogP contribution < -0.4 is 0 Å². The van der Waals surface area contributed by atoms with Crippen molar-refractivity contribution in [3.05, 3.63) is 70.8 Å². The molecule has 0 atom stereocenters. The van der Waals surface area contributed by atoms with Crippen LogP contribution in [0.3, 0.4) is 0 Å². The summed E-state index contributed by atoms with van der Waals surface area (Å²) in [6.07, 6.45) is -4.37. The first kappa shape index (κ1) is 15.9. The average molecular weight is 327 g/mol. The van der Waals surface area contributed by atoms with Crippen LogP contribution in [0.2, 0.25) is 0 Å². The second-order valence-corrected chi connectivity index (χ2v) is 5.72. The number of likely N-dealkylation sites (tertiary alicyclic amines) is 1. The van der Waals surface area contributed by atoms with Gasteiger partial charge in [0.1, 0.15) is 11.6 Å². The van der Waals surface area contributed by atoms with Crippen LogP contribution in [0.15, 0.2) is 42.5 Å². The Labute approximate surface area is 130 Å². The molecular weight excluding hydrogens is 313 g/mol. The third-order valence-corrected chi connectivity index (χ3v) is 4.03. The Balaban J connectivity index is 1.65. The standard InChI is InChI=1S/C17H14F5N/c18-14-5-2-6-15(19)16(14)12-9-23(10-12)8-11-3-1-4-13(7-11)17(20,21)22/h1-7,12H,8-10H2. The number of hydrogen-bond donors (Lipinski definition) is 0. The fourth-order valence-corrected chi connectivity index (χ4v) is 2.89. The summed E-state index contributed by atoms with van der Waals surface area (Å²) in [4.78, 5) is 1.87. The van der Waals surface area contributed by atoms with Crippen LogP contribution in [0.25, 0.3) is 0 Å². The van der Waals surface area contributed by atoms with Gasteiger partial charge < -0.3 is 0 Å². The third-order valence-electron chi connectivity index (χ3n) is 4.03. The molecule has 3 rings (SSSR count). The molecule has 0 saturated carbocycles. The zero-order chi connectivity index (χ0) is 16.6. The van der Waals surface area contributed by atoms with E-state index in [9.17, 15) is 22.0 Å². The summed E-state index contributed by atoms with van der Waals surface area (Å²) in [6.45, 7) is 1.18. The minimum atomic E-state index is -4.37. The van der Waals surface area contributed by atoms with E-state index in [1.54, 1.807) is 6.07 Å². The minimum absolute atomic E-state index is 0.0628. The van der Waals surface area contributed by atoms with E-state index in [1.165, 1.54) is 24.3 Å². The Hall–Kier alpha value is -1.95. The molecule has 1 nitrogen and oxygen atoms in total. The maximum absolute atomic E-state index is 13.7. The van der Waals surface area contributed by atoms with Crippen LogP contribution in [-0.2, 0) is 12.7 Å². The first-order chi connectivity index (χ1) is 10.8. The minimum Gasteiger partial charge on any atom is -0.298 e. The molecule has 23 heavy (non-hydrogen) atoms. The molecule has 0 unspecified atom stereocenters. The van der Waals surface area contributed by atoms with Crippen molar-refractivity contribution in [2.24, 2.45) is 0 Å². The second kappa shape index (κ2) is 5.92. The zero-order valence-electron chi connectivity index (χ0n) is 12.1. The number of nitrogens with zero attached hydrogens (tertiary/aromatic N) is 1. The summed E-state index contributed by atoms with van der Waals surface area (Å²) in [5.74, 6) is -1.41. The zero-order valence-corrected chi connectivity index (χ0v) is 12.1. The van der Waals surface area contributed by atoms with E-state index in [-0.39, 0.29) is 11.5 Å². The van der Waals surface area contributed by atoms with E-state index in [1.807, 2.05) is 4.90 Å². The first-order valence-electron chi connectivity index (χ1n) is 7.17. The molecule has 1 saturated heterocycles. The number of hydrogen-bond acceptors (Lipinski definition) is 1. The predicted octanol–water partition coefficient (Wildman–Crippen LogP) is 4.58. The van der Waals surface area contributed by atoms with E-state index in [0.717, 1.165) is 12.1 Å². The van der Waals surface area contributed by atoms with Crippen LogP contribution in [0.5, 0.6) is 0 Å². The van der Waals surface area contributed by atoms with Gasteiger partial charge in [0, 0.05) is 31.1 Å². The molecular formula is C17H14F5N. The molecule has 0 radical (unpaired) electrons. The summed E-state index contributed by atoms with van der Waals surface area (Å²) < 4.78 is 65.4. The Kier molecular flexibility index (Phi) is 4.10. The highest BCUT2D eigenvalue weighted by atomic mass is 19.4. The highest BCUT2D eigenvalue weighted by Crippen LogP contribution is 2.33. The van der Waals surface area contributed by atoms with Gasteiger partial charge >= 0.3 is 6.18 Å². The van der Waals surface area contributed by atoms with E-state index in [2.05, 4.69) is 0 Å². The molecule has 122 valence electrons. The maximum Gasteiger partial charge on any atom is 0.416 e. The van der Waals surface area contributed by atoms with Crippen molar-refractivity contribution in [3.63, 3.8) is 0 Å². The van der Waals surface area contributed by atoms with E-state index >= 15 is 0 Å². The van der Waals surface area contributed by atoms with Gasteiger partial charge in [0.2, 0.25) is 0 Å². The van der Waals surface area contributed by atoms with Gasteiger partial charge in [0.25, 0.3) is 0 Å². The van der Waals surface area contributed by atoms with Gasteiger partial charge in [0.05, 0.1) is 5.56 Å². The molecule has 1 aliphatic heterocycles. The molecule has 1 heterocycles. The maximum atomic E-state index is 13.7. The fourth-order valence-electron chi connectivity index (χ4n) is 2.89. The van der Waals surface area contributed by atoms with Gasteiger partial charge in [-0.25, -0.2) is 8.78 Å². The highest BCUT2D eigenvalue weighted by Gasteiger charge is 2.33. The van der Waals surface area contributed by atoms with Crippen LogP contribution >= 0.6 is 0 Å². The average Bonchev–Trinajstić information content (AvgIpc) is 2.43. The van der Waals surface area contributed by atoms with Gasteiger partial charge in [-0.15, -0.1) is 0 Å². The quantitative estimate of drug-likeness (QED) is 0.746. The molecule has 0 bridgehead atoms. The monoisotopic (exact) mass is 327 g/mol. The molecule has 0 amide bonds. The molecule has 0 spiro atoms. The normalized spacial score (nSPS) is 16.4. The van der Waals surface area contributed by atoms with Gasteiger partial charge in [-0.1, -0.05) is 24.3 Å². The Morgan fingerprint density at radius 2 is 1.57 bits per heavy atom. The third kappa shape index (κ3) is 3.37. The highest BCUT2D eigenvalue weighted by molar-refractivity contribution is 5.28. The SMILES string of the molecule is Fc1cccc(F)c1C1CN(Cc2cccc(C(F)(F)F)c2)C1. The molecule has 0 aromatic heterocycles. The lowest BCUT2D eigenvalue weighted by Gasteiger charge is -2.39. The van der Waals surface area contributed by atoms with Crippen molar-refractivity contribution in [2.75, 3.05) is 13.1 Å². The Morgan fingerprint density at radius 3 is 2.17 bits per heavy atom. The van der Waals surface area contributed by atoms with E-state index in [0.29, 0.717) is 25.2 Å². The Morgan fingerprint density at radius 1 is 0.957 bits per heavy atom. The smallest absolute Gasteiger partial charge is 0.298 e. The summed E-state index contributed by atoms with van der Waals surface area (Å²) in [7, 11) is 0. The number of rotatable bonds is 3. The largest absolute Gasteiger partial charge is 0.416 e. The van der Waals surface area contributed by atoms with Crippen molar-refractivity contribution in [1.82, 2.24) is 4.90 Å². The molecule has 2 aromatic rings. The number of benzene rings is 2. The topological polar surface area (TPSA) is 3.24 Å².